The van der Waals surface area contributed by atoms with Gasteiger partial charge in [-0.05, 0) is 56.5 Å². The second-order valence-corrected chi connectivity index (χ2v) is 5.72. The number of aromatic nitrogens is 1. The van der Waals surface area contributed by atoms with Crippen LogP contribution >= 0.6 is 0 Å². The summed E-state index contributed by atoms with van der Waals surface area (Å²) >= 11 is 0. The van der Waals surface area contributed by atoms with Gasteiger partial charge in [-0.3, -0.25) is 0 Å². The molecule has 2 heterocycles. The van der Waals surface area contributed by atoms with Crippen LogP contribution in [0.1, 0.15) is 25.8 Å². The molecular weight excluding hydrogens is 265 g/mol. The molecule has 0 bridgehead atoms. The molecule has 0 spiro atoms. The van der Waals surface area contributed by atoms with Gasteiger partial charge in [0.25, 0.3) is 0 Å². The quantitative estimate of drug-likeness (QED) is 0.919. The minimum Gasteiger partial charge on any atom is -0.369 e. The zero-order valence-electron chi connectivity index (χ0n) is 12.4. The maximum absolute atomic E-state index is 12.9. The fraction of sp³-hybridized carbons (Fsp3) is 0.353. The highest BCUT2D eigenvalue weighted by Gasteiger charge is 2.19. The van der Waals surface area contributed by atoms with Crippen LogP contribution in [0.5, 0.6) is 0 Å². The molecule has 1 aliphatic heterocycles. The van der Waals surface area contributed by atoms with Crippen LogP contribution in [-0.4, -0.2) is 17.6 Å². The molecule has 0 radical (unpaired) electrons. The van der Waals surface area contributed by atoms with Crippen molar-refractivity contribution in [3.8, 4) is 0 Å². The highest BCUT2D eigenvalue weighted by Crippen LogP contribution is 2.30. The van der Waals surface area contributed by atoms with E-state index in [1.807, 2.05) is 6.20 Å². The largest absolute Gasteiger partial charge is 0.369 e. The highest BCUT2D eigenvalue weighted by atomic mass is 19.1. The normalized spacial score (nSPS) is 14.2. The Morgan fingerprint density at radius 1 is 1.24 bits per heavy atom. The number of hydrogen-bond donors (Lipinski definition) is 1. The van der Waals surface area contributed by atoms with Crippen molar-refractivity contribution in [3.63, 3.8) is 0 Å². The Morgan fingerprint density at radius 3 is 2.71 bits per heavy atom. The average Bonchev–Trinajstić information content (AvgIpc) is 2.49. The Labute approximate surface area is 124 Å². The first-order valence-electron chi connectivity index (χ1n) is 7.41. The summed E-state index contributed by atoms with van der Waals surface area (Å²) in [7, 11) is 0. The van der Waals surface area contributed by atoms with E-state index in [-0.39, 0.29) is 5.82 Å². The van der Waals surface area contributed by atoms with Crippen molar-refractivity contribution in [2.24, 2.45) is 0 Å². The third kappa shape index (κ3) is 2.99. The summed E-state index contributed by atoms with van der Waals surface area (Å²) in [6.07, 6.45) is 4.22. The van der Waals surface area contributed by atoms with Crippen LogP contribution in [0.4, 0.5) is 21.6 Å². The van der Waals surface area contributed by atoms with Crippen molar-refractivity contribution < 1.29 is 4.39 Å². The molecule has 0 fully saturated rings. The van der Waals surface area contributed by atoms with E-state index >= 15 is 0 Å². The molecule has 1 aromatic heterocycles. The van der Waals surface area contributed by atoms with Gasteiger partial charge in [0.1, 0.15) is 11.6 Å². The van der Waals surface area contributed by atoms with Crippen LogP contribution in [0.25, 0.3) is 0 Å². The lowest BCUT2D eigenvalue weighted by Gasteiger charge is -2.34. The lowest BCUT2D eigenvalue weighted by Crippen LogP contribution is -2.35. The van der Waals surface area contributed by atoms with Crippen LogP contribution in [0.2, 0.25) is 0 Å². The van der Waals surface area contributed by atoms with Crippen molar-refractivity contribution >= 4 is 17.2 Å². The molecule has 0 aliphatic carbocycles. The van der Waals surface area contributed by atoms with Crippen molar-refractivity contribution in [1.29, 1.82) is 0 Å². The van der Waals surface area contributed by atoms with E-state index in [1.54, 1.807) is 12.1 Å². The van der Waals surface area contributed by atoms with E-state index in [0.717, 1.165) is 24.5 Å². The summed E-state index contributed by atoms with van der Waals surface area (Å²) < 4.78 is 12.9. The third-order valence-corrected chi connectivity index (χ3v) is 3.86. The number of nitrogens with zero attached hydrogens (tertiary/aromatic N) is 2. The molecule has 4 heteroatoms. The number of hydrogen-bond acceptors (Lipinski definition) is 3. The van der Waals surface area contributed by atoms with Gasteiger partial charge in [-0.15, -0.1) is 0 Å². The van der Waals surface area contributed by atoms with Crippen molar-refractivity contribution in [2.75, 3.05) is 16.8 Å². The Bertz CT molecular complexity index is 622. The van der Waals surface area contributed by atoms with E-state index in [0.29, 0.717) is 6.04 Å². The van der Waals surface area contributed by atoms with Crippen LogP contribution in [0.3, 0.4) is 0 Å². The lowest BCUT2D eigenvalue weighted by atomic mass is 10.0. The van der Waals surface area contributed by atoms with Crippen molar-refractivity contribution in [3.05, 3.63) is 47.9 Å². The fourth-order valence-corrected chi connectivity index (χ4v) is 2.78. The molecule has 3 rings (SSSR count). The summed E-state index contributed by atoms with van der Waals surface area (Å²) in [5, 5.41) is 3.24. The molecule has 110 valence electrons. The van der Waals surface area contributed by atoms with Crippen LogP contribution in [0, 0.1) is 5.82 Å². The SMILES string of the molecule is CC(C)N1CCCc2cnc(Nc3ccc(F)cc3)cc21. The van der Waals surface area contributed by atoms with Gasteiger partial charge < -0.3 is 10.2 Å². The molecule has 0 saturated carbocycles. The molecule has 1 N–H and O–H groups in total. The zero-order chi connectivity index (χ0) is 14.8. The van der Waals surface area contributed by atoms with Gasteiger partial charge in [0.2, 0.25) is 0 Å². The zero-order valence-corrected chi connectivity index (χ0v) is 12.4. The standard InChI is InChI=1S/C17H20FN3/c1-12(2)21-9-3-4-13-11-19-17(10-16(13)21)20-15-7-5-14(18)6-8-15/h5-8,10-12H,3-4,9H2,1-2H3,(H,19,20). The van der Waals surface area contributed by atoms with Crippen LogP contribution < -0.4 is 10.2 Å². The molecule has 0 atom stereocenters. The van der Waals surface area contributed by atoms with Gasteiger partial charge in [0.15, 0.2) is 0 Å². The van der Waals surface area contributed by atoms with Gasteiger partial charge in [-0.1, -0.05) is 0 Å². The first-order valence-corrected chi connectivity index (χ1v) is 7.41. The Morgan fingerprint density at radius 2 is 2.00 bits per heavy atom. The second kappa shape index (κ2) is 5.72. The number of nitrogens with one attached hydrogen (secondary N) is 1. The number of pyridine rings is 1. The fourth-order valence-electron chi connectivity index (χ4n) is 2.78. The second-order valence-electron chi connectivity index (χ2n) is 5.72. The van der Waals surface area contributed by atoms with Crippen LogP contribution in [-0.2, 0) is 6.42 Å². The Balaban J connectivity index is 1.87. The van der Waals surface area contributed by atoms with Gasteiger partial charge >= 0.3 is 0 Å². The number of fused-ring (bicyclic) bond motifs is 1. The van der Waals surface area contributed by atoms with Gasteiger partial charge in [-0.25, -0.2) is 9.37 Å². The maximum atomic E-state index is 12.9. The minimum absolute atomic E-state index is 0.232. The summed E-state index contributed by atoms with van der Waals surface area (Å²) in [4.78, 5) is 6.89. The summed E-state index contributed by atoms with van der Waals surface area (Å²) in [5.74, 6) is 0.567. The molecule has 0 saturated heterocycles. The Hall–Kier alpha value is -2.10. The summed E-state index contributed by atoms with van der Waals surface area (Å²) in [6, 6.07) is 8.90. The molecule has 0 unspecified atom stereocenters. The monoisotopic (exact) mass is 285 g/mol. The third-order valence-electron chi connectivity index (χ3n) is 3.86. The van der Waals surface area contributed by atoms with E-state index in [4.69, 9.17) is 0 Å². The predicted molar refractivity (Wildman–Crippen MR) is 84.7 cm³/mol. The Kier molecular flexibility index (Phi) is 3.78. The summed E-state index contributed by atoms with van der Waals surface area (Å²) in [6.45, 7) is 5.51. The first kappa shape index (κ1) is 13.9. The van der Waals surface area contributed by atoms with Crippen LogP contribution in [0.15, 0.2) is 36.5 Å². The highest BCUT2D eigenvalue weighted by molar-refractivity contribution is 5.65. The van der Waals surface area contributed by atoms with E-state index in [9.17, 15) is 4.39 Å². The molecule has 2 aromatic rings. The molecule has 0 amide bonds. The summed E-state index contributed by atoms with van der Waals surface area (Å²) in [5.41, 5.74) is 3.41. The topological polar surface area (TPSA) is 28.2 Å². The van der Waals surface area contributed by atoms with Crippen molar-refractivity contribution in [1.82, 2.24) is 4.98 Å². The van der Waals surface area contributed by atoms with E-state index in [2.05, 4.69) is 35.1 Å². The lowest BCUT2D eigenvalue weighted by molar-refractivity contribution is 0.624. The smallest absolute Gasteiger partial charge is 0.132 e. The van der Waals surface area contributed by atoms with Gasteiger partial charge in [0, 0.05) is 36.2 Å². The molecule has 3 nitrogen and oxygen atoms in total. The minimum atomic E-state index is -0.232. The molecule has 1 aromatic carbocycles. The molecule has 21 heavy (non-hydrogen) atoms. The van der Waals surface area contributed by atoms with Gasteiger partial charge in [0.05, 0.1) is 0 Å². The number of rotatable bonds is 3. The first-order chi connectivity index (χ1) is 10.1. The molecule has 1 aliphatic rings. The number of halogens is 1. The average molecular weight is 285 g/mol. The number of benzene rings is 1. The maximum Gasteiger partial charge on any atom is 0.132 e. The predicted octanol–water partition coefficient (Wildman–Crippen LogP) is 4.13. The van der Waals surface area contributed by atoms with E-state index in [1.165, 1.54) is 29.8 Å². The number of anilines is 3. The van der Waals surface area contributed by atoms with Crippen molar-refractivity contribution in [2.45, 2.75) is 32.7 Å². The molecular formula is C17H20FN3. The van der Waals surface area contributed by atoms with E-state index < -0.39 is 0 Å². The number of aryl methyl sites for hydroxylation is 1. The van der Waals surface area contributed by atoms with Gasteiger partial charge in [-0.2, -0.15) is 0 Å².